The maximum atomic E-state index is 12.9. The standard InChI is InChI=1S/C30H40N2O5/c1-4-19-16-21-17-20-10-8-9-13-25(35)31-15-14-24(34)28-29(36)27(30(37)32(28)3)23(33)12-7-5-6-11-22(20)26(21)18(19)2/h5-10,12-13,18-22,24,26,28,33-34H,4,11,14-17H2,1-3H3,(H,31,35)/b6-5?,10-8?,12-7?,13-9?,27-23+. The number of rotatable bonds is 1. The predicted molar refractivity (Wildman–Crippen MR) is 142 cm³/mol. The molecule has 0 aromatic rings. The van der Waals surface area contributed by atoms with Crippen LogP contribution in [0.25, 0.3) is 0 Å². The van der Waals surface area contributed by atoms with Crippen LogP contribution in [0.5, 0.6) is 0 Å². The highest BCUT2D eigenvalue weighted by molar-refractivity contribution is 6.27. The summed E-state index contributed by atoms with van der Waals surface area (Å²) in [4.78, 5) is 39.0. The molecule has 2 saturated carbocycles. The van der Waals surface area contributed by atoms with Crippen LogP contribution in [0.2, 0.25) is 0 Å². The van der Waals surface area contributed by atoms with Crippen LogP contribution in [0.4, 0.5) is 0 Å². The Balaban J connectivity index is 1.60. The molecule has 8 unspecified atom stereocenters. The first-order valence-corrected chi connectivity index (χ1v) is 13.6. The molecule has 37 heavy (non-hydrogen) atoms. The second-order valence-electron chi connectivity index (χ2n) is 11.1. The fourth-order valence-electron chi connectivity index (χ4n) is 7.25. The Morgan fingerprint density at radius 1 is 1.08 bits per heavy atom. The Kier molecular flexibility index (Phi) is 8.53. The summed E-state index contributed by atoms with van der Waals surface area (Å²) >= 11 is 0. The molecule has 200 valence electrons. The molecular weight excluding hydrogens is 468 g/mol. The summed E-state index contributed by atoms with van der Waals surface area (Å²) < 4.78 is 0. The first-order valence-electron chi connectivity index (χ1n) is 13.6. The fraction of sp³-hybridized carbons (Fsp3) is 0.567. The van der Waals surface area contributed by atoms with Crippen molar-refractivity contribution in [2.24, 2.45) is 35.5 Å². The van der Waals surface area contributed by atoms with E-state index in [-0.39, 0.29) is 24.4 Å². The monoisotopic (exact) mass is 508 g/mol. The number of allylic oxidation sites excluding steroid dienone is 7. The van der Waals surface area contributed by atoms with E-state index in [1.54, 1.807) is 12.2 Å². The third kappa shape index (κ3) is 5.52. The van der Waals surface area contributed by atoms with E-state index in [4.69, 9.17) is 0 Å². The summed E-state index contributed by atoms with van der Waals surface area (Å²) in [5.74, 6) is 1.89. The molecule has 7 heteroatoms. The van der Waals surface area contributed by atoms with Crippen molar-refractivity contribution in [1.82, 2.24) is 10.2 Å². The van der Waals surface area contributed by atoms with Gasteiger partial charge in [0.1, 0.15) is 17.4 Å². The summed E-state index contributed by atoms with van der Waals surface area (Å²) in [5.41, 5.74) is -0.313. The van der Waals surface area contributed by atoms with E-state index in [0.717, 1.165) is 23.2 Å². The molecule has 2 bridgehead atoms. The maximum Gasteiger partial charge on any atom is 0.261 e. The van der Waals surface area contributed by atoms with Crippen molar-refractivity contribution in [2.45, 2.75) is 58.1 Å². The highest BCUT2D eigenvalue weighted by atomic mass is 16.3. The number of likely N-dealkylation sites (tertiary alicyclic amines) is 1. The van der Waals surface area contributed by atoms with E-state index in [1.165, 1.54) is 38.5 Å². The number of carbonyl (C=O) groups is 3. The molecule has 4 rings (SSSR count). The molecule has 0 aromatic heterocycles. The minimum Gasteiger partial charge on any atom is -0.507 e. The van der Waals surface area contributed by atoms with Crippen molar-refractivity contribution in [3.63, 3.8) is 0 Å². The summed E-state index contributed by atoms with van der Waals surface area (Å²) in [6.07, 6.45) is 18.0. The van der Waals surface area contributed by atoms with Gasteiger partial charge in [-0.1, -0.05) is 56.7 Å². The summed E-state index contributed by atoms with van der Waals surface area (Å²) in [6, 6.07) is -1.10. The Labute approximate surface area is 219 Å². The molecule has 2 aliphatic heterocycles. The first kappa shape index (κ1) is 27.1. The van der Waals surface area contributed by atoms with Gasteiger partial charge < -0.3 is 20.4 Å². The lowest BCUT2D eigenvalue weighted by Gasteiger charge is -2.27. The third-order valence-electron chi connectivity index (χ3n) is 9.10. The number of nitrogens with one attached hydrogen (secondary N) is 1. The molecule has 0 aromatic carbocycles. The minimum absolute atomic E-state index is 0.0968. The highest BCUT2D eigenvalue weighted by Gasteiger charge is 2.50. The predicted octanol–water partition coefficient (Wildman–Crippen LogP) is 3.64. The van der Waals surface area contributed by atoms with Crippen LogP contribution in [0.1, 0.15) is 46.0 Å². The summed E-state index contributed by atoms with van der Waals surface area (Å²) in [5, 5.41) is 23.8. The van der Waals surface area contributed by atoms with Gasteiger partial charge in [0.25, 0.3) is 5.91 Å². The Morgan fingerprint density at radius 2 is 1.84 bits per heavy atom. The van der Waals surface area contributed by atoms with Gasteiger partial charge in [-0.2, -0.15) is 0 Å². The molecule has 2 aliphatic carbocycles. The molecule has 8 atom stereocenters. The number of hydrogen-bond acceptors (Lipinski definition) is 5. The molecule has 3 N–H and O–H groups in total. The second kappa shape index (κ2) is 11.6. The maximum absolute atomic E-state index is 12.9. The van der Waals surface area contributed by atoms with E-state index in [2.05, 4.69) is 31.3 Å². The second-order valence-corrected chi connectivity index (χ2v) is 11.1. The van der Waals surface area contributed by atoms with Crippen molar-refractivity contribution >= 4 is 17.6 Å². The number of amides is 2. The smallest absolute Gasteiger partial charge is 0.261 e. The zero-order valence-electron chi connectivity index (χ0n) is 22.0. The molecular formula is C30H40N2O5. The minimum atomic E-state index is -1.17. The zero-order chi connectivity index (χ0) is 26.7. The van der Waals surface area contributed by atoms with E-state index in [0.29, 0.717) is 23.7 Å². The first-order chi connectivity index (χ1) is 17.7. The van der Waals surface area contributed by atoms with Gasteiger partial charge in [0.15, 0.2) is 5.78 Å². The summed E-state index contributed by atoms with van der Waals surface area (Å²) in [6.45, 7) is 4.84. The van der Waals surface area contributed by atoms with Crippen molar-refractivity contribution in [1.29, 1.82) is 0 Å². The van der Waals surface area contributed by atoms with Crippen molar-refractivity contribution in [3.05, 3.63) is 59.9 Å². The van der Waals surface area contributed by atoms with Gasteiger partial charge in [-0.05, 0) is 67.3 Å². The molecule has 0 spiro atoms. The molecule has 2 heterocycles. The average Bonchev–Trinajstić information content (AvgIpc) is 3.43. The molecule has 7 nitrogen and oxygen atoms in total. The number of nitrogens with zero attached hydrogens (tertiary/aromatic N) is 1. The number of ketones is 1. The van der Waals surface area contributed by atoms with E-state index in [9.17, 15) is 24.6 Å². The fourth-order valence-corrected chi connectivity index (χ4v) is 7.25. The van der Waals surface area contributed by atoms with Crippen LogP contribution < -0.4 is 5.32 Å². The van der Waals surface area contributed by atoms with Crippen LogP contribution in [-0.4, -0.2) is 58.4 Å². The third-order valence-corrected chi connectivity index (χ3v) is 9.10. The highest BCUT2D eigenvalue weighted by Crippen LogP contribution is 2.57. The van der Waals surface area contributed by atoms with Crippen molar-refractivity contribution in [3.8, 4) is 0 Å². The quantitative estimate of drug-likeness (QED) is 0.469. The summed E-state index contributed by atoms with van der Waals surface area (Å²) in [7, 11) is 1.43. The van der Waals surface area contributed by atoms with Crippen LogP contribution in [0, 0.1) is 35.5 Å². The van der Waals surface area contributed by atoms with Crippen LogP contribution >= 0.6 is 0 Å². The van der Waals surface area contributed by atoms with Gasteiger partial charge in [0.05, 0.1) is 6.10 Å². The zero-order valence-corrected chi connectivity index (χ0v) is 22.0. The van der Waals surface area contributed by atoms with Crippen molar-refractivity contribution < 1.29 is 24.6 Å². The normalized spacial score (nSPS) is 39.1. The number of aliphatic hydroxyl groups excluding tert-OH is 2. The Morgan fingerprint density at radius 3 is 2.59 bits per heavy atom. The number of hydrogen-bond donors (Lipinski definition) is 3. The number of Topliss-reactive ketones (excluding diaryl/α,β-unsaturated/α-hetero) is 1. The average molecular weight is 509 g/mol. The van der Waals surface area contributed by atoms with Gasteiger partial charge in [-0.3, -0.25) is 14.4 Å². The lowest BCUT2D eigenvalue weighted by atomic mass is 9.78. The largest absolute Gasteiger partial charge is 0.507 e. The SMILES string of the molecule is CCC1CC2CC3C=CC=CC(=O)NCCC(O)C4C(=O)/C(=C(\O)C=CC=CCC3C2C1C)C(=O)N4C. The van der Waals surface area contributed by atoms with Gasteiger partial charge in [0, 0.05) is 19.7 Å². The van der Waals surface area contributed by atoms with Gasteiger partial charge >= 0.3 is 0 Å². The van der Waals surface area contributed by atoms with Crippen LogP contribution in [0.15, 0.2) is 59.9 Å². The number of carbonyl (C=O) groups excluding carboxylic acids is 3. The number of likely N-dealkylation sites (N-methyl/N-ethyl adjacent to an activating group) is 1. The van der Waals surface area contributed by atoms with Crippen molar-refractivity contribution in [2.75, 3.05) is 13.6 Å². The van der Waals surface area contributed by atoms with E-state index >= 15 is 0 Å². The molecule has 3 fully saturated rings. The number of aliphatic hydroxyl groups is 2. The lowest BCUT2D eigenvalue weighted by Crippen LogP contribution is -2.43. The Bertz CT molecular complexity index is 1050. The van der Waals surface area contributed by atoms with Gasteiger partial charge in [0.2, 0.25) is 5.91 Å². The Hall–Kier alpha value is -2.93. The van der Waals surface area contributed by atoms with Crippen LogP contribution in [-0.2, 0) is 14.4 Å². The van der Waals surface area contributed by atoms with E-state index in [1.807, 2.05) is 12.2 Å². The molecule has 0 radical (unpaired) electrons. The molecule has 2 amide bonds. The lowest BCUT2D eigenvalue weighted by molar-refractivity contribution is -0.128. The van der Waals surface area contributed by atoms with E-state index < -0.39 is 29.6 Å². The van der Waals surface area contributed by atoms with Crippen LogP contribution in [0.3, 0.4) is 0 Å². The molecule has 4 aliphatic rings. The van der Waals surface area contributed by atoms with Gasteiger partial charge in [-0.25, -0.2) is 0 Å². The number of fused-ring (bicyclic) bond motifs is 5. The molecule has 1 saturated heterocycles. The van der Waals surface area contributed by atoms with Gasteiger partial charge in [-0.15, -0.1) is 0 Å². The topological polar surface area (TPSA) is 107 Å².